The van der Waals surface area contributed by atoms with E-state index < -0.39 is 0 Å². The molecule has 2 N–H and O–H groups in total. The molecule has 1 aromatic carbocycles. The first-order valence-corrected chi connectivity index (χ1v) is 4.58. The molecule has 0 spiro atoms. The van der Waals surface area contributed by atoms with E-state index in [0.29, 0.717) is 6.54 Å². The van der Waals surface area contributed by atoms with Crippen LogP contribution in [0.1, 0.15) is 11.3 Å². The van der Waals surface area contributed by atoms with E-state index >= 15 is 0 Å². The highest BCUT2D eigenvalue weighted by molar-refractivity contribution is 5.86. The van der Waals surface area contributed by atoms with Gasteiger partial charge in [-0.3, -0.25) is 0 Å². The smallest absolute Gasteiger partial charge is 0.140 e. The van der Waals surface area contributed by atoms with Crippen LogP contribution >= 0.6 is 0 Å². The second kappa shape index (κ2) is 3.35. The first-order chi connectivity index (χ1) is 6.72. The number of fused-ring (bicyclic) bond motifs is 1. The topological polar surface area (TPSA) is 45.4 Å². The Kier molecular flexibility index (Phi) is 2.17. The molecule has 0 aliphatic heterocycles. The van der Waals surface area contributed by atoms with Gasteiger partial charge in [0.15, 0.2) is 0 Å². The molecular weight excluding hydrogens is 178 g/mol. The number of nitrogens with one attached hydrogen (secondary N) is 1. The predicted molar refractivity (Wildman–Crippen MR) is 55.4 cm³/mol. The Balaban J connectivity index is 2.63. The Bertz CT molecular complexity index is 421. The maximum atomic E-state index is 9.60. The summed E-state index contributed by atoms with van der Waals surface area (Å²) >= 11 is 0. The molecule has 0 fully saturated rings. The number of rotatable bonds is 2. The van der Waals surface area contributed by atoms with Crippen molar-refractivity contribution in [3.63, 3.8) is 0 Å². The van der Waals surface area contributed by atoms with E-state index in [2.05, 4.69) is 5.32 Å². The maximum absolute atomic E-state index is 9.60. The van der Waals surface area contributed by atoms with Crippen molar-refractivity contribution in [3.05, 3.63) is 29.5 Å². The van der Waals surface area contributed by atoms with Crippen LogP contribution < -0.4 is 5.32 Å². The zero-order valence-electron chi connectivity index (χ0n) is 8.29. The molecular formula is C11H13NO2. The lowest BCUT2D eigenvalue weighted by Crippen LogP contribution is -2.03. The largest absolute Gasteiger partial charge is 0.507 e. The fourth-order valence-electron chi connectivity index (χ4n) is 1.56. The molecule has 0 bridgehead atoms. The first-order valence-electron chi connectivity index (χ1n) is 4.58. The van der Waals surface area contributed by atoms with E-state index in [0.717, 1.165) is 22.3 Å². The van der Waals surface area contributed by atoms with Gasteiger partial charge in [-0.15, -0.1) is 0 Å². The molecule has 0 unspecified atom stereocenters. The summed E-state index contributed by atoms with van der Waals surface area (Å²) in [5.41, 5.74) is 1.82. The third-order valence-electron chi connectivity index (χ3n) is 2.26. The Morgan fingerprint density at radius 2 is 2.21 bits per heavy atom. The zero-order valence-corrected chi connectivity index (χ0v) is 8.29. The Morgan fingerprint density at radius 3 is 2.86 bits per heavy atom. The van der Waals surface area contributed by atoms with Crippen LogP contribution in [0.3, 0.4) is 0 Å². The van der Waals surface area contributed by atoms with Gasteiger partial charge in [0.1, 0.15) is 17.1 Å². The molecule has 0 saturated carbocycles. The SMILES string of the molecule is CNCc1cc2c(O)ccc(C)c2o1. The van der Waals surface area contributed by atoms with Crippen molar-refractivity contribution in [2.24, 2.45) is 0 Å². The summed E-state index contributed by atoms with van der Waals surface area (Å²) in [6, 6.07) is 5.41. The summed E-state index contributed by atoms with van der Waals surface area (Å²) < 4.78 is 5.60. The van der Waals surface area contributed by atoms with Gasteiger partial charge in [-0.05, 0) is 31.7 Å². The zero-order chi connectivity index (χ0) is 10.1. The Morgan fingerprint density at radius 1 is 1.43 bits per heavy atom. The average Bonchev–Trinajstić information content (AvgIpc) is 2.57. The third kappa shape index (κ3) is 1.36. The van der Waals surface area contributed by atoms with Crippen LogP contribution in [0, 0.1) is 6.92 Å². The van der Waals surface area contributed by atoms with Gasteiger partial charge in [0, 0.05) is 0 Å². The highest BCUT2D eigenvalue weighted by Crippen LogP contribution is 2.30. The Hall–Kier alpha value is -1.48. The monoisotopic (exact) mass is 191 g/mol. The van der Waals surface area contributed by atoms with E-state index in [9.17, 15) is 5.11 Å². The lowest BCUT2D eigenvalue weighted by atomic mass is 10.1. The molecule has 2 rings (SSSR count). The molecule has 1 heterocycles. The van der Waals surface area contributed by atoms with Gasteiger partial charge in [0.2, 0.25) is 0 Å². The molecule has 2 aromatic rings. The standard InChI is InChI=1S/C11H13NO2/c1-7-3-4-10(13)9-5-8(6-12-2)14-11(7)9/h3-5,12-13H,6H2,1-2H3. The second-order valence-electron chi connectivity index (χ2n) is 3.39. The molecule has 0 aliphatic carbocycles. The molecule has 0 saturated heterocycles. The predicted octanol–water partition coefficient (Wildman–Crippen LogP) is 2.17. The number of aryl methyl sites for hydroxylation is 1. The van der Waals surface area contributed by atoms with Crippen molar-refractivity contribution in [3.8, 4) is 5.75 Å². The second-order valence-corrected chi connectivity index (χ2v) is 3.39. The summed E-state index contributed by atoms with van der Waals surface area (Å²) in [6.45, 7) is 2.64. The van der Waals surface area contributed by atoms with E-state index in [1.54, 1.807) is 6.07 Å². The molecule has 74 valence electrons. The molecule has 0 atom stereocenters. The molecule has 14 heavy (non-hydrogen) atoms. The fraction of sp³-hybridized carbons (Fsp3) is 0.273. The number of hydrogen-bond acceptors (Lipinski definition) is 3. The van der Waals surface area contributed by atoms with Crippen molar-refractivity contribution in [2.75, 3.05) is 7.05 Å². The number of aromatic hydroxyl groups is 1. The number of furan rings is 1. The molecule has 1 aromatic heterocycles. The van der Waals surface area contributed by atoms with Gasteiger partial charge in [0.25, 0.3) is 0 Å². The van der Waals surface area contributed by atoms with Gasteiger partial charge in [0.05, 0.1) is 11.9 Å². The highest BCUT2D eigenvalue weighted by atomic mass is 16.3. The normalized spacial score (nSPS) is 11.0. The number of hydrogen-bond donors (Lipinski definition) is 2. The van der Waals surface area contributed by atoms with Crippen molar-refractivity contribution >= 4 is 11.0 Å². The molecule has 0 aliphatic rings. The molecule has 0 radical (unpaired) electrons. The average molecular weight is 191 g/mol. The van der Waals surface area contributed by atoms with Crippen LogP contribution in [0.15, 0.2) is 22.6 Å². The van der Waals surface area contributed by atoms with Gasteiger partial charge >= 0.3 is 0 Å². The van der Waals surface area contributed by atoms with E-state index in [1.165, 1.54) is 0 Å². The molecule has 3 heteroatoms. The van der Waals surface area contributed by atoms with E-state index in [4.69, 9.17) is 4.42 Å². The summed E-state index contributed by atoms with van der Waals surface area (Å²) in [7, 11) is 1.86. The minimum absolute atomic E-state index is 0.275. The molecule has 0 amide bonds. The van der Waals surface area contributed by atoms with Crippen LogP contribution in [0.4, 0.5) is 0 Å². The summed E-state index contributed by atoms with van der Waals surface area (Å²) in [4.78, 5) is 0. The molecule has 3 nitrogen and oxygen atoms in total. The van der Waals surface area contributed by atoms with Crippen molar-refractivity contribution < 1.29 is 9.52 Å². The van der Waals surface area contributed by atoms with Crippen LogP contribution in [-0.4, -0.2) is 12.2 Å². The minimum atomic E-state index is 0.275. The highest BCUT2D eigenvalue weighted by Gasteiger charge is 2.08. The van der Waals surface area contributed by atoms with Gasteiger partial charge in [-0.1, -0.05) is 6.07 Å². The van der Waals surface area contributed by atoms with Gasteiger partial charge < -0.3 is 14.8 Å². The maximum Gasteiger partial charge on any atom is 0.140 e. The van der Waals surface area contributed by atoms with Crippen molar-refractivity contribution in [2.45, 2.75) is 13.5 Å². The summed E-state index contributed by atoms with van der Waals surface area (Å²) in [5.74, 6) is 1.11. The quantitative estimate of drug-likeness (QED) is 0.764. The number of benzene rings is 1. The van der Waals surface area contributed by atoms with Crippen LogP contribution in [0.2, 0.25) is 0 Å². The third-order valence-corrected chi connectivity index (χ3v) is 2.26. The first kappa shape index (κ1) is 9.09. The van der Waals surface area contributed by atoms with E-state index in [-0.39, 0.29) is 5.75 Å². The summed E-state index contributed by atoms with van der Waals surface area (Å²) in [5, 5.41) is 13.4. The minimum Gasteiger partial charge on any atom is -0.507 e. The Labute approximate surface area is 82.3 Å². The summed E-state index contributed by atoms with van der Waals surface area (Å²) in [6.07, 6.45) is 0. The lowest BCUT2D eigenvalue weighted by molar-refractivity contribution is 0.480. The lowest BCUT2D eigenvalue weighted by Gasteiger charge is -1.96. The van der Waals surface area contributed by atoms with Crippen molar-refractivity contribution in [1.82, 2.24) is 5.32 Å². The van der Waals surface area contributed by atoms with Crippen LogP contribution in [0.5, 0.6) is 5.75 Å². The van der Waals surface area contributed by atoms with Gasteiger partial charge in [-0.2, -0.15) is 0 Å². The number of phenolic OH excluding ortho intramolecular Hbond substituents is 1. The van der Waals surface area contributed by atoms with Crippen LogP contribution in [-0.2, 0) is 6.54 Å². The number of phenols is 1. The van der Waals surface area contributed by atoms with Crippen molar-refractivity contribution in [1.29, 1.82) is 0 Å². The van der Waals surface area contributed by atoms with E-state index in [1.807, 2.05) is 26.1 Å². The van der Waals surface area contributed by atoms with Crippen LogP contribution in [0.25, 0.3) is 11.0 Å². The fourth-order valence-corrected chi connectivity index (χ4v) is 1.56. The van der Waals surface area contributed by atoms with Gasteiger partial charge in [-0.25, -0.2) is 0 Å².